The molecule has 1 aromatic carbocycles. The minimum Gasteiger partial charge on any atom is -0.466 e. The van der Waals surface area contributed by atoms with Crippen LogP contribution in [0.15, 0.2) is 30.3 Å². The van der Waals surface area contributed by atoms with Gasteiger partial charge >= 0.3 is 5.97 Å². The molecule has 0 aliphatic carbocycles. The van der Waals surface area contributed by atoms with Crippen LogP contribution in [0.2, 0.25) is 0 Å². The van der Waals surface area contributed by atoms with Crippen LogP contribution in [0.3, 0.4) is 0 Å². The summed E-state index contributed by atoms with van der Waals surface area (Å²) in [6, 6.07) is 8.67. The summed E-state index contributed by atoms with van der Waals surface area (Å²) in [6.07, 6.45) is 0.779. The summed E-state index contributed by atoms with van der Waals surface area (Å²) in [5, 5.41) is 5.15. The second-order valence-electron chi connectivity index (χ2n) is 4.31. The predicted molar refractivity (Wildman–Crippen MR) is 77.7 cm³/mol. The van der Waals surface area contributed by atoms with E-state index in [9.17, 15) is 14.4 Å². The van der Waals surface area contributed by atoms with E-state index >= 15 is 0 Å². The van der Waals surface area contributed by atoms with Crippen molar-refractivity contribution in [3.05, 3.63) is 35.9 Å². The van der Waals surface area contributed by atoms with Crippen molar-refractivity contribution in [2.75, 3.05) is 19.7 Å². The first-order valence-electron chi connectivity index (χ1n) is 6.89. The Labute approximate surface area is 123 Å². The highest BCUT2D eigenvalue weighted by molar-refractivity contribution is 5.96. The van der Waals surface area contributed by atoms with Crippen molar-refractivity contribution >= 4 is 17.8 Å². The van der Waals surface area contributed by atoms with Crippen molar-refractivity contribution in [1.82, 2.24) is 10.6 Å². The number of esters is 1. The highest BCUT2D eigenvalue weighted by atomic mass is 16.5. The normalized spacial score (nSPS) is 9.76. The standard InChI is InChI=1S/C15H20N2O4/c1-2-21-14(19)9-6-10-16-13(18)11-17-15(20)12-7-4-3-5-8-12/h3-5,7-8H,2,6,9-11H2,1H3,(H,16,18)(H,17,20). The number of hydrogen-bond acceptors (Lipinski definition) is 4. The maximum atomic E-state index is 11.7. The summed E-state index contributed by atoms with van der Waals surface area (Å²) in [5.74, 6) is -0.857. The van der Waals surface area contributed by atoms with Gasteiger partial charge in [-0.3, -0.25) is 14.4 Å². The highest BCUT2D eigenvalue weighted by Crippen LogP contribution is 1.97. The Balaban J connectivity index is 2.14. The van der Waals surface area contributed by atoms with Gasteiger partial charge in [-0.25, -0.2) is 0 Å². The van der Waals surface area contributed by atoms with Gasteiger partial charge in [0.1, 0.15) is 0 Å². The van der Waals surface area contributed by atoms with Crippen LogP contribution in [0.25, 0.3) is 0 Å². The van der Waals surface area contributed by atoms with Crippen LogP contribution in [0.1, 0.15) is 30.1 Å². The first-order valence-corrected chi connectivity index (χ1v) is 6.89. The van der Waals surface area contributed by atoms with Gasteiger partial charge in [-0.05, 0) is 25.5 Å². The summed E-state index contributed by atoms with van der Waals surface area (Å²) in [5.41, 5.74) is 0.507. The molecule has 0 unspecified atom stereocenters. The number of amides is 2. The molecule has 0 aromatic heterocycles. The number of carbonyl (C=O) groups excluding carboxylic acids is 3. The average Bonchev–Trinajstić information content (AvgIpc) is 2.50. The molecule has 6 heteroatoms. The molecule has 114 valence electrons. The Bertz CT molecular complexity index is 474. The van der Waals surface area contributed by atoms with Crippen LogP contribution < -0.4 is 10.6 Å². The zero-order valence-corrected chi connectivity index (χ0v) is 12.1. The number of carbonyl (C=O) groups is 3. The number of hydrogen-bond donors (Lipinski definition) is 2. The van der Waals surface area contributed by atoms with Gasteiger partial charge in [-0.15, -0.1) is 0 Å². The Hall–Kier alpha value is -2.37. The highest BCUT2D eigenvalue weighted by Gasteiger charge is 2.07. The first-order chi connectivity index (χ1) is 10.1. The maximum Gasteiger partial charge on any atom is 0.305 e. The van der Waals surface area contributed by atoms with E-state index in [0.29, 0.717) is 25.1 Å². The monoisotopic (exact) mass is 292 g/mol. The number of benzene rings is 1. The van der Waals surface area contributed by atoms with E-state index in [1.165, 1.54) is 0 Å². The molecule has 0 aliphatic rings. The minimum atomic E-state index is -0.294. The molecule has 0 aliphatic heterocycles. The van der Waals surface area contributed by atoms with Crippen molar-refractivity contribution in [2.45, 2.75) is 19.8 Å². The van der Waals surface area contributed by atoms with Gasteiger partial charge < -0.3 is 15.4 Å². The van der Waals surface area contributed by atoms with E-state index < -0.39 is 0 Å². The average molecular weight is 292 g/mol. The van der Waals surface area contributed by atoms with Gasteiger partial charge in [-0.2, -0.15) is 0 Å². The molecule has 2 amide bonds. The lowest BCUT2D eigenvalue weighted by Gasteiger charge is -2.07. The van der Waals surface area contributed by atoms with Crippen LogP contribution >= 0.6 is 0 Å². The number of nitrogens with one attached hydrogen (secondary N) is 2. The van der Waals surface area contributed by atoms with Crippen LogP contribution in [-0.4, -0.2) is 37.5 Å². The Morgan fingerprint density at radius 1 is 1.10 bits per heavy atom. The summed E-state index contributed by atoms with van der Waals surface area (Å²) in [7, 11) is 0. The third-order valence-corrected chi connectivity index (χ3v) is 2.63. The smallest absolute Gasteiger partial charge is 0.305 e. The third-order valence-electron chi connectivity index (χ3n) is 2.63. The summed E-state index contributed by atoms with van der Waals surface area (Å²) >= 11 is 0. The van der Waals surface area contributed by atoms with E-state index in [2.05, 4.69) is 10.6 Å². The van der Waals surface area contributed by atoms with Crippen molar-refractivity contribution in [2.24, 2.45) is 0 Å². The fourth-order valence-electron chi connectivity index (χ4n) is 1.61. The van der Waals surface area contributed by atoms with Crippen LogP contribution in [0, 0.1) is 0 Å². The largest absolute Gasteiger partial charge is 0.466 e. The fraction of sp³-hybridized carbons (Fsp3) is 0.400. The molecule has 0 saturated carbocycles. The Morgan fingerprint density at radius 2 is 1.81 bits per heavy atom. The van der Waals surface area contributed by atoms with Crippen molar-refractivity contribution in [3.8, 4) is 0 Å². The lowest BCUT2D eigenvalue weighted by atomic mass is 10.2. The fourth-order valence-corrected chi connectivity index (χ4v) is 1.61. The molecule has 0 heterocycles. The van der Waals surface area contributed by atoms with E-state index in [4.69, 9.17) is 4.74 Å². The topological polar surface area (TPSA) is 84.5 Å². The van der Waals surface area contributed by atoms with E-state index in [0.717, 1.165) is 0 Å². The molecular weight excluding hydrogens is 272 g/mol. The van der Waals surface area contributed by atoms with Gasteiger partial charge in [-0.1, -0.05) is 18.2 Å². The van der Waals surface area contributed by atoms with Crippen LogP contribution in [0.5, 0.6) is 0 Å². The van der Waals surface area contributed by atoms with E-state index in [-0.39, 0.29) is 30.7 Å². The second kappa shape index (κ2) is 9.52. The molecule has 0 bridgehead atoms. The summed E-state index contributed by atoms with van der Waals surface area (Å²) < 4.78 is 4.77. The number of rotatable bonds is 8. The molecule has 0 saturated heterocycles. The molecule has 0 fully saturated rings. The number of ether oxygens (including phenoxy) is 1. The maximum absolute atomic E-state index is 11.7. The van der Waals surface area contributed by atoms with Crippen molar-refractivity contribution in [3.63, 3.8) is 0 Å². The van der Waals surface area contributed by atoms with Gasteiger partial charge in [0.15, 0.2) is 0 Å². The summed E-state index contributed by atoms with van der Waals surface area (Å²) in [4.78, 5) is 34.3. The molecule has 1 rings (SSSR count). The summed E-state index contributed by atoms with van der Waals surface area (Å²) in [6.45, 7) is 2.39. The quantitative estimate of drug-likeness (QED) is 0.550. The molecule has 21 heavy (non-hydrogen) atoms. The lowest BCUT2D eigenvalue weighted by molar-refractivity contribution is -0.143. The zero-order valence-electron chi connectivity index (χ0n) is 12.1. The van der Waals surface area contributed by atoms with Crippen molar-refractivity contribution in [1.29, 1.82) is 0 Å². The molecule has 0 spiro atoms. The van der Waals surface area contributed by atoms with Crippen LogP contribution in [-0.2, 0) is 14.3 Å². The lowest BCUT2D eigenvalue weighted by Crippen LogP contribution is -2.37. The molecule has 0 radical (unpaired) electrons. The Kier molecular flexibility index (Phi) is 7.56. The minimum absolute atomic E-state index is 0.0901. The second-order valence-corrected chi connectivity index (χ2v) is 4.31. The predicted octanol–water partition coefficient (Wildman–Crippen LogP) is 0.876. The molecule has 2 N–H and O–H groups in total. The molecule has 0 atom stereocenters. The Morgan fingerprint density at radius 3 is 2.48 bits per heavy atom. The van der Waals surface area contributed by atoms with Gasteiger partial charge in [0.25, 0.3) is 5.91 Å². The third kappa shape index (κ3) is 7.10. The molecular formula is C15H20N2O4. The van der Waals surface area contributed by atoms with Crippen LogP contribution in [0.4, 0.5) is 0 Å². The van der Waals surface area contributed by atoms with Gasteiger partial charge in [0.05, 0.1) is 13.2 Å². The molecule has 6 nitrogen and oxygen atoms in total. The zero-order chi connectivity index (χ0) is 15.5. The van der Waals surface area contributed by atoms with Gasteiger partial charge in [0, 0.05) is 18.5 Å². The van der Waals surface area contributed by atoms with E-state index in [1.54, 1.807) is 31.2 Å². The first kappa shape index (κ1) is 16.7. The van der Waals surface area contributed by atoms with E-state index in [1.807, 2.05) is 6.07 Å². The van der Waals surface area contributed by atoms with Gasteiger partial charge in [0.2, 0.25) is 5.91 Å². The SMILES string of the molecule is CCOC(=O)CCCNC(=O)CNC(=O)c1ccccc1. The molecule has 1 aromatic rings. The van der Waals surface area contributed by atoms with Crippen molar-refractivity contribution < 1.29 is 19.1 Å².